The van der Waals surface area contributed by atoms with Gasteiger partial charge in [0, 0.05) is 5.69 Å². The van der Waals surface area contributed by atoms with Gasteiger partial charge in [-0.1, -0.05) is 30.3 Å². The largest absolute Gasteiger partial charge is 0.495 e. The van der Waals surface area contributed by atoms with Crippen LogP contribution < -0.4 is 21.0 Å². The van der Waals surface area contributed by atoms with E-state index in [1.807, 2.05) is 30.3 Å². The molecule has 148 valence electrons. The maximum atomic E-state index is 12.3. The number of nitrogens with zero attached hydrogens (tertiary/aromatic N) is 2. The number of aromatic amines is 1. The Morgan fingerprint density at radius 1 is 1.21 bits per heavy atom. The van der Waals surface area contributed by atoms with Crippen LogP contribution in [0.15, 0.2) is 64.5 Å². The SMILES string of the molecule is COc1ccccc1-n1c(O)c(/C=N/NC(=S)Nc2ccccc2)c(=O)[nH]c1=S. The topological polar surface area (TPSA) is 104 Å². The number of aromatic hydroxyl groups is 1. The van der Waals surface area contributed by atoms with Crippen molar-refractivity contribution in [3.05, 3.63) is 75.3 Å². The van der Waals surface area contributed by atoms with E-state index < -0.39 is 5.56 Å². The Balaban J connectivity index is 1.88. The van der Waals surface area contributed by atoms with Crippen molar-refractivity contribution in [1.82, 2.24) is 15.0 Å². The van der Waals surface area contributed by atoms with Crippen LogP contribution in [0.5, 0.6) is 11.6 Å². The summed E-state index contributed by atoms with van der Waals surface area (Å²) in [7, 11) is 1.50. The number of hydrazone groups is 1. The fourth-order valence-electron chi connectivity index (χ4n) is 2.53. The summed E-state index contributed by atoms with van der Waals surface area (Å²) in [6, 6.07) is 16.2. The van der Waals surface area contributed by atoms with Crippen LogP contribution in [-0.4, -0.2) is 33.1 Å². The summed E-state index contributed by atoms with van der Waals surface area (Å²) >= 11 is 10.4. The van der Waals surface area contributed by atoms with E-state index in [9.17, 15) is 9.90 Å². The molecular formula is C19H17N5O3S2. The number of hydrogen-bond acceptors (Lipinski definition) is 6. The number of rotatable bonds is 5. The third-order valence-corrected chi connectivity index (χ3v) is 4.32. The molecule has 0 aliphatic rings. The second-order valence-electron chi connectivity index (χ2n) is 5.69. The highest BCUT2D eigenvalue weighted by atomic mass is 32.1. The van der Waals surface area contributed by atoms with Gasteiger partial charge in [0.25, 0.3) is 5.56 Å². The van der Waals surface area contributed by atoms with Crippen LogP contribution >= 0.6 is 24.4 Å². The Labute approximate surface area is 176 Å². The van der Waals surface area contributed by atoms with Crippen LogP contribution in [0.4, 0.5) is 5.69 Å². The molecule has 3 aromatic rings. The zero-order valence-electron chi connectivity index (χ0n) is 15.2. The van der Waals surface area contributed by atoms with E-state index in [1.54, 1.807) is 24.3 Å². The van der Waals surface area contributed by atoms with E-state index in [1.165, 1.54) is 11.7 Å². The number of ether oxygens (including phenoxy) is 1. The molecule has 0 spiro atoms. The normalized spacial score (nSPS) is 10.7. The van der Waals surface area contributed by atoms with E-state index in [2.05, 4.69) is 20.8 Å². The molecule has 0 aliphatic carbocycles. The molecule has 29 heavy (non-hydrogen) atoms. The van der Waals surface area contributed by atoms with Crippen LogP contribution in [-0.2, 0) is 0 Å². The van der Waals surface area contributed by atoms with Gasteiger partial charge in [0.15, 0.2) is 9.88 Å². The second kappa shape index (κ2) is 9.13. The number of nitrogens with one attached hydrogen (secondary N) is 3. The first kappa shape index (κ1) is 20.2. The van der Waals surface area contributed by atoms with Crippen molar-refractivity contribution in [3.8, 4) is 17.3 Å². The molecule has 0 unspecified atom stereocenters. The fraction of sp³-hybridized carbons (Fsp3) is 0.0526. The highest BCUT2D eigenvalue weighted by molar-refractivity contribution is 7.80. The Morgan fingerprint density at radius 3 is 2.62 bits per heavy atom. The van der Waals surface area contributed by atoms with Gasteiger partial charge in [0.1, 0.15) is 11.3 Å². The van der Waals surface area contributed by atoms with Crippen molar-refractivity contribution in [3.63, 3.8) is 0 Å². The molecule has 0 atom stereocenters. The standard InChI is InChI=1S/C19H17N5O3S2/c1-27-15-10-6-5-9-14(15)24-17(26)13(16(25)22-19(24)29)11-20-23-18(28)21-12-7-3-2-4-8-12/h2-11,26H,1H3,(H2,21,23,28)(H,22,25,29)/b20-11+. The molecule has 1 heterocycles. The van der Waals surface area contributed by atoms with Gasteiger partial charge in [-0.2, -0.15) is 5.10 Å². The number of aromatic nitrogens is 2. The van der Waals surface area contributed by atoms with Gasteiger partial charge in [0.2, 0.25) is 5.88 Å². The second-order valence-corrected chi connectivity index (χ2v) is 6.49. The third-order valence-electron chi connectivity index (χ3n) is 3.84. The summed E-state index contributed by atoms with van der Waals surface area (Å²) in [5.74, 6) is 0.0935. The lowest BCUT2D eigenvalue weighted by Gasteiger charge is -2.14. The van der Waals surface area contributed by atoms with E-state index in [0.717, 1.165) is 11.9 Å². The van der Waals surface area contributed by atoms with Crippen molar-refractivity contribution in [2.24, 2.45) is 5.10 Å². The number of para-hydroxylation sites is 3. The van der Waals surface area contributed by atoms with E-state index in [-0.39, 0.29) is 21.3 Å². The van der Waals surface area contributed by atoms with E-state index >= 15 is 0 Å². The minimum atomic E-state index is -0.592. The number of H-pyrrole nitrogens is 1. The lowest BCUT2D eigenvalue weighted by atomic mass is 10.2. The number of methoxy groups -OCH3 is 1. The highest BCUT2D eigenvalue weighted by Gasteiger charge is 2.15. The van der Waals surface area contributed by atoms with Crippen LogP contribution in [0.1, 0.15) is 5.56 Å². The van der Waals surface area contributed by atoms with Crippen LogP contribution in [0.3, 0.4) is 0 Å². The quantitative estimate of drug-likeness (QED) is 0.282. The molecule has 0 saturated heterocycles. The number of benzene rings is 2. The average Bonchev–Trinajstić information content (AvgIpc) is 2.71. The van der Waals surface area contributed by atoms with Gasteiger partial charge < -0.3 is 15.2 Å². The first-order chi connectivity index (χ1) is 14.0. The number of anilines is 1. The maximum absolute atomic E-state index is 12.3. The molecule has 10 heteroatoms. The zero-order chi connectivity index (χ0) is 20.8. The molecule has 0 amide bonds. The first-order valence-corrected chi connectivity index (χ1v) is 9.19. The van der Waals surface area contributed by atoms with Gasteiger partial charge in [-0.25, -0.2) is 0 Å². The summed E-state index contributed by atoms with van der Waals surface area (Å²) in [5, 5.41) is 17.8. The molecular weight excluding hydrogens is 410 g/mol. The van der Waals surface area contributed by atoms with Gasteiger partial charge >= 0.3 is 0 Å². The molecule has 0 radical (unpaired) electrons. The van der Waals surface area contributed by atoms with Crippen molar-refractivity contribution in [1.29, 1.82) is 0 Å². The third kappa shape index (κ3) is 4.68. The Kier molecular flexibility index (Phi) is 6.37. The predicted molar refractivity (Wildman–Crippen MR) is 119 cm³/mol. The summed E-state index contributed by atoms with van der Waals surface area (Å²) in [6.45, 7) is 0. The Bertz CT molecular complexity index is 1170. The van der Waals surface area contributed by atoms with Gasteiger partial charge in [-0.05, 0) is 48.7 Å². The van der Waals surface area contributed by atoms with Gasteiger partial charge in [-0.3, -0.25) is 19.8 Å². The van der Waals surface area contributed by atoms with E-state index in [0.29, 0.717) is 11.4 Å². The number of hydrogen-bond donors (Lipinski definition) is 4. The van der Waals surface area contributed by atoms with Crippen molar-refractivity contribution in [2.75, 3.05) is 12.4 Å². The zero-order valence-corrected chi connectivity index (χ0v) is 16.9. The van der Waals surface area contributed by atoms with Crippen LogP contribution in [0.2, 0.25) is 0 Å². The average molecular weight is 428 g/mol. The van der Waals surface area contributed by atoms with Crippen molar-refractivity contribution >= 4 is 41.5 Å². The van der Waals surface area contributed by atoms with E-state index in [4.69, 9.17) is 29.2 Å². The molecule has 0 fully saturated rings. The smallest absolute Gasteiger partial charge is 0.264 e. The van der Waals surface area contributed by atoms with Crippen molar-refractivity contribution < 1.29 is 9.84 Å². The van der Waals surface area contributed by atoms with Gasteiger partial charge in [-0.15, -0.1) is 0 Å². The summed E-state index contributed by atoms with van der Waals surface area (Å²) in [5.41, 5.74) is 3.16. The summed E-state index contributed by atoms with van der Waals surface area (Å²) in [6.07, 6.45) is 1.16. The monoisotopic (exact) mass is 427 g/mol. The van der Waals surface area contributed by atoms with Crippen LogP contribution in [0.25, 0.3) is 5.69 Å². The fourth-order valence-corrected chi connectivity index (χ4v) is 2.98. The summed E-state index contributed by atoms with van der Waals surface area (Å²) < 4.78 is 6.61. The molecule has 3 rings (SSSR count). The predicted octanol–water partition coefficient (Wildman–Crippen LogP) is 2.93. The highest BCUT2D eigenvalue weighted by Crippen LogP contribution is 2.26. The molecule has 0 saturated carbocycles. The molecule has 2 aromatic carbocycles. The maximum Gasteiger partial charge on any atom is 0.264 e. The minimum Gasteiger partial charge on any atom is -0.495 e. The minimum absolute atomic E-state index is 0.0170. The lowest BCUT2D eigenvalue weighted by Crippen LogP contribution is -2.25. The number of thiocarbonyl (C=S) groups is 1. The Morgan fingerprint density at radius 2 is 1.90 bits per heavy atom. The van der Waals surface area contributed by atoms with Crippen molar-refractivity contribution in [2.45, 2.75) is 0 Å². The first-order valence-electron chi connectivity index (χ1n) is 8.38. The van der Waals surface area contributed by atoms with Crippen LogP contribution in [0, 0.1) is 4.77 Å². The molecule has 4 N–H and O–H groups in total. The molecule has 1 aromatic heterocycles. The van der Waals surface area contributed by atoms with Gasteiger partial charge in [0.05, 0.1) is 19.0 Å². The lowest BCUT2D eigenvalue weighted by molar-refractivity contribution is 0.402. The Hall–Kier alpha value is -3.50. The summed E-state index contributed by atoms with van der Waals surface area (Å²) in [4.78, 5) is 14.8. The molecule has 0 bridgehead atoms. The molecule has 0 aliphatic heterocycles. The molecule has 8 nitrogen and oxygen atoms in total.